The van der Waals surface area contributed by atoms with E-state index in [1.807, 2.05) is 6.20 Å². The highest BCUT2D eigenvalue weighted by Crippen LogP contribution is 2.29. The van der Waals surface area contributed by atoms with Crippen LogP contribution in [0.3, 0.4) is 0 Å². The summed E-state index contributed by atoms with van der Waals surface area (Å²) in [5.41, 5.74) is 2.35. The molecule has 0 radical (unpaired) electrons. The number of hydrogen-bond donors (Lipinski definition) is 1. The summed E-state index contributed by atoms with van der Waals surface area (Å²) in [5.74, 6) is 0. The van der Waals surface area contributed by atoms with Gasteiger partial charge in [-0.05, 0) is 39.8 Å². The van der Waals surface area contributed by atoms with Crippen molar-refractivity contribution in [3.63, 3.8) is 0 Å². The van der Waals surface area contributed by atoms with Crippen LogP contribution in [-0.2, 0) is 6.54 Å². The summed E-state index contributed by atoms with van der Waals surface area (Å²) < 4.78 is 2.06. The van der Waals surface area contributed by atoms with Crippen LogP contribution in [-0.4, -0.2) is 21.3 Å². The monoisotopic (exact) mass is 278 g/mol. The lowest BCUT2D eigenvalue weighted by atomic mass is 10.1. The molecule has 0 aliphatic heterocycles. The standard InChI is InChI=1S/C14H22N4S/c1-5-8-15-13(12-7-9-16-18(12)6-2)14-10(3)17-11(4)19-14/h7,9,13,15H,5-6,8H2,1-4H3. The molecule has 19 heavy (non-hydrogen) atoms. The first-order chi connectivity index (χ1) is 9.17. The van der Waals surface area contributed by atoms with Gasteiger partial charge in [-0.1, -0.05) is 6.92 Å². The van der Waals surface area contributed by atoms with E-state index in [2.05, 4.69) is 53.8 Å². The number of hydrogen-bond acceptors (Lipinski definition) is 4. The van der Waals surface area contributed by atoms with Gasteiger partial charge in [0.15, 0.2) is 0 Å². The van der Waals surface area contributed by atoms with Crippen molar-refractivity contribution in [2.24, 2.45) is 0 Å². The number of rotatable bonds is 6. The Morgan fingerprint density at radius 2 is 2.16 bits per heavy atom. The molecule has 104 valence electrons. The van der Waals surface area contributed by atoms with Gasteiger partial charge in [0, 0.05) is 12.7 Å². The molecule has 2 heterocycles. The molecule has 0 bridgehead atoms. The molecule has 0 aliphatic rings. The maximum Gasteiger partial charge on any atom is 0.0900 e. The molecule has 0 spiro atoms. The Morgan fingerprint density at radius 3 is 2.74 bits per heavy atom. The molecule has 2 aromatic rings. The normalized spacial score (nSPS) is 12.8. The van der Waals surface area contributed by atoms with Crippen molar-refractivity contribution in [3.8, 4) is 0 Å². The second kappa shape index (κ2) is 6.30. The van der Waals surface area contributed by atoms with Gasteiger partial charge in [0.2, 0.25) is 0 Å². The molecule has 2 rings (SSSR count). The lowest BCUT2D eigenvalue weighted by Gasteiger charge is -2.19. The molecule has 1 unspecified atom stereocenters. The number of thiazole rings is 1. The van der Waals surface area contributed by atoms with Gasteiger partial charge in [-0.3, -0.25) is 4.68 Å². The molecule has 0 saturated heterocycles. The minimum atomic E-state index is 0.202. The molecular weight excluding hydrogens is 256 g/mol. The van der Waals surface area contributed by atoms with Crippen LogP contribution >= 0.6 is 11.3 Å². The van der Waals surface area contributed by atoms with Crippen LogP contribution in [0.25, 0.3) is 0 Å². The van der Waals surface area contributed by atoms with Gasteiger partial charge in [-0.25, -0.2) is 4.98 Å². The number of nitrogens with one attached hydrogen (secondary N) is 1. The van der Waals surface area contributed by atoms with E-state index in [4.69, 9.17) is 0 Å². The third-order valence-electron chi connectivity index (χ3n) is 3.14. The molecular formula is C14H22N4S. The van der Waals surface area contributed by atoms with Gasteiger partial charge in [0.05, 0.1) is 27.3 Å². The van der Waals surface area contributed by atoms with E-state index in [1.165, 1.54) is 10.6 Å². The quantitative estimate of drug-likeness (QED) is 0.883. The van der Waals surface area contributed by atoms with E-state index < -0.39 is 0 Å². The van der Waals surface area contributed by atoms with Gasteiger partial charge < -0.3 is 5.32 Å². The van der Waals surface area contributed by atoms with Gasteiger partial charge in [0.1, 0.15) is 0 Å². The highest BCUT2D eigenvalue weighted by Gasteiger charge is 2.21. The van der Waals surface area contributed by atoms with Crippen LogP contribution in [0.15, 0.2) is 12.3 Å². The van der Waals surface area contributed by atoms with Crippen molar-refractivity contribution in [3.05, 3.63) is 33.5 Å². The lowest BCUT2D eigenvalue weighted by Crippen LogP contribution is -2.25. The van der Waals surface area contributed by atoms with Crippen molar-refractivity contribution < 1.29 is 0 Å². The zero-order chi connectivity index (χ0) is 13.8. The van der Waals surface area contributed by atoms with Crippen molar-refractivity contribution in [2.75, 3.05) is 6.54 Å². The Hall–Kier alpha value is -1.20. The average Bonchev–Trinajstić information content (AvgIpc) is 2.97. The molecule has 0 aliphatic carbocycles. The molecule has 1 N–H and O–H groups in total. The number of aryl methyl sites for hydroxylation is 3. The first-order valence-corrected chi connectivity index (χ1v) is 7.68. The zero-order valence-electron chi connectivity index (χ0n) is 12.1. The maximum atomic E-state index is 4.55. The van der Waals surface area contributed by atoms with E-state index in [-0.39, 0.29) is 6.04 Å². The SMILES string of the molecule is CCCNC(c1sc(C)nc1C)c1ccnn1CC. The predicted octanol–water partition coefficient (Wildman–Crippen LogP) is 3.07. The van der Waals surface area contributed by atoms with Crippen LogP contribution < -0.4 is 5.32 Å². The van der Waals surface area contributed by atoms with Crippen molar-refractivity contribution in [2.45, 2.75) is 46.7 Å². The van der Waals surface area contributed by atoms with Crippen molar-refractivity contribution >= 4 is 11.3 Å². The number of aromatic nitrogens is 3. The Kier molecular flexibility index (Phi) is 4.71. The van der Waals surface area contributed by atoms with Crippen LogP contribution in [0.1, 0.15) is 47.6 Å². The predicted molar refractivity (Wildman–Crippen MR) is 79.6 cm³/mol. The van der Waals surface area contributed by atoms with Crippen LogP contribution in [0.4, 0.5) is 0 Å². The molecule has 5 heteroatoms. The zero-order valence-corrected chi connectivity index (χ0v) is 12.9. The summed E-state index contributed by atoms with van der Waals surface area (Å²) >= 11 is 1.78. The van der Waals surface area contributed by atoms with Gasteiger partial charge in [0.25, 0.3) is 0 Å². The van der Waals surface area contributed by atoms with Crippen LogP contribution in [0.2, 0.25) is 0 Å². The summed E-state index contributed by atoms with van der Waals surface area (Å²) in [5, 5.41) is 9.14. The smallest absolute Gasteiger partial charge is 0.0900 e. The van der Waals surface area contributed by atoms with Crippen molar-refractivity contribution in [1.29, 1.82) is 0 Å². The van der Waals surface area contributed by atoms with Gasteiger partial charge >= 0.3 is 0 Å². The van der Waals surface area contributed by atoms with Crippen molar-refractivity contribution in [1.82, 2.24) is 20.1 Å². The molecule has 2 aromatic heterocycles. The summed E-state index contributed by atoms with van der Waals surface area (Å²) in [6, 6.07) is 2.30. The summed E-state index contributed by atoms with van der Waals surface area (Å²) in [4.78, 5) is 5.86. The first-order valence-electron chi connectivity index (χ1n) is 6.86. The summed E-state index contributed by atoms with van der Waals surface area (Å²) in [7, 11) is 0. The maximum absolute atomic E-state index is 4.55. The molecule has 1 atom stereocenters. The fourth-order valence-electron chi connectivity index (χ4n) is 2.29. The molecule has 0 aromatic carbocycles. The van der Waals surface area contributed by atoms with E-state index in [9.17, 15) is 0 Å². The Bertz CT molecular complexity index is 529. The summed E-state index contributed by atoms with van der Waals surface area (Å²) in [6.07, 6.45) is 3.00. The van der Waals surface area contributed by atoms with E-state index in [0.717, 1.165) is 30.2 Å². The second-order valence-corrected chi connectivity index (χ2v) is 5.88. The molecule has 0 fully saturated rings. The third kappa shape index (κ3) is 3.04. The molecule has 0 amide bonds. The summed E-state index contributed by atoms with van der Waals surface area (Å²) in [6.45, 7) is 10.4. The molecule has 4 nitrogen and oxygen atoms in total. The van der Waals surface area contributed by atoms with Gasteiger partial charge in [-0.2, -0.15) is 5.10 Å². The Morgan fingerprint density at radius 1 is 1.37 bits per heavy atom. The van der Waals surface area contributed by atoms with E-state index in [0.29, 0.717) is 0 Å². The van der Waals surface area contributed by atoms with Crippen LogP contribution in [0, 0.1) is 13.8 Å². The minimum Gasteiger partial charge on any atom is -0.304 e. The lowest BCUT2D eigenvalue weighted by molar-refractivity contribution is 0.532. The minimum absolute atomic E-state index is 0.202. The van der Waals surface area contributed by atoms with E-state index >= 15 is 0 Å². The third-order valence-corrected chi connectivity index (χ3v) is 4.28. The van der Waals surface area contributed by atoms with Gasteiger partial charge in [-0.15, -0.1) is 11.3 Å². The largest absolute Gasteiger partial charge is 0.304 e. The highest BCUT2D eigenvalue weighted by molar-refractivity contribution is 7.11. The number of nitrogens with zero attached hydrogens (tertiary/aromatic N) is 3. The Balaban J connectivity index is 2.38. The fourth-order valence-corrected chi connectivity index (χ4v) is 3.30. The fraction of sp³-hybridized carbons (Fsp3) is 0.571. The second-order valence-electron chi connectivity index (χ2n) is 4.64. The topological polar surface area (TPSA) is 42.7 Å². The van der Waals surface area contributed by atoms with E-state index in [1.54, 1.807) is 11.3 Å². The molecule has 0 saturated carbocycles. The average molecular weight is 278 g/mol. The highest BCUT2D eigenvalue weighted by atomic mass is 32.1. The Labute approximate surface area is 118 Å². The first kappa shape index (κ1) is 14.2. The van der Waals surface area contributed by atoms with Crippen LogP contribution in [0.5, 0.6) is 0 Å².